The zero-order valence-corrected chi connectivity index (χ0v) is 11.2. The molecule has 0 amide bonds. The summed E-state index contributed by atoms with van der Waals surface area (Å²) in [5.74, 6) is 0.150. The van der Waals surface area contributed by atoms with Crippen LogP contribution in [0, 0.1) is 5.82 Å². The van der Waals surface area contributed by atoms with Crippen molar-refractivity contribution in [2.45, 2.75) is 50.3 Å². The number of aliphatic hydroxyl groups is 1. The molecular weight excluding hydrogens is 245 g/mol. The molecular formula is C15H20FNO2. The van der Waals surface area contributed by atoms with Gasteiger partial charge in [-0.15, -0.1) is 0 Å². The van der Waals surface area contributed by atoms with E-state index in [4.69, 9.17) is 4.74 Å². The van der Waals surface area contributed by atoms with Gasteiger partial charge in [-0.1, -0.05) is 0 Å². The maximum absolute atomic E-state index is 13.7. The minimum absolute atomic E-state index is 0.347. The smallest absolute Gasteiger partial charge is 0.127 e. The monoisotopic (exact) mass is 265 g/mol. The fraction of sp³-hybridized carbons (Fsp3) is 0.600. The van der Waals surface area contributed by atoms with Crippen LogP contribution in [0.2, 0.25) is 0 Å². The van der Waals surface area contributed by atoms with Crippen molar-refractivity contribution >= 4 is 0 Å². The molecule has 2 heterocycles. The number of benzene rings is 1. The van der Waals surface area contributed by atoms with Crippen LogP contribution in [0.5, 0.6) is 5.75 Å². The fourth-order valence-corrected chi connectivity index (χ4v) is 3.44. The van der Waals surface area contributed by atoms with Crippen molar-refractivity contribution in [3.63, 3.8) is 0 Å². The molecule has 0 saturated carbocycles. The van der Waals surface area contributed by atoms with E-state index in [9.17, 15) is 9.50 Å². The highest BCUT2D eigenvalue weighted by atomic mass is 19.1. The van der Waals surface area contributed by atoms with Crippen molar-refractivity contribution in [3.05, 3.63) is 29.6 Å². The Kier molecular flexibility index (Phi) is 3.23. The number of hydrogen-bond donors (Lipinski definition) is 2. The molecule has 4 heteroatoms. The van der Waals surface area contributed by atoms with E-state index >= 15 is 0 Å². The molecule has 19 heavy (non-hydrogen) atoms. The molecule has 0 aliphatic carbocycles. The second kappa shape index (κ2) is 4.76. The van der Waals surface area contributed by atoms with Crippen LogP contribution < -0.4 is 10.1 Å². The summed E-state index contributed by atoms with van der Waals surface area (Å²) < 4.78 is 19.0. The average molecular weight is 265 g/mol. The van der Waals surface area contributed by atoms with Gasteiger partial charge in [-0.05, 0) is 50.3 Å². The number of nitrogens with one attached hydrogen (secondary N) is 1. The van der Waals surface area contributed by atoms with Gasteiger partial charge in [-0.25, -0.2) is 4.39 Å². The molecule has 2 bridgehead atoms. The van der Waals surface area contributed by atoms with Gasteiger partial charge in [0.2, 0.25) is 0 Å². The van der Waals surface area contributed by atoms with Crippen LogP contribution in [0.25, 0.3) is 0 Å². The molecule has 0 radical (unpaired) electrons. The third-order valence-corrected chi connectivity index (χ3v) is 4.22. The van der Waals surface area contributed by atoms with Gasteiger partial charge in [0.15, 0.2) is 0 Å². The second-order valence-corrected chi connectivity index (χ2v) is 5.69. The van der Waals surface area contributed by atoms with E-state index in [0.29, 0.717) is 42.8 Å². The second-order valence-electron chi connectivity index (χ2n) is 5.69. The van der Waals surface area contributed by atoms with Gasteiger partial charge in [0.1, 0.15) is 11.6 Å². The highest BCUT2D eigenvalue weighted by Gasteiger charge is 2.43. The molecule has 2 fully saturated rings. The van der Waals surface area contributed by atoms with Crippen LogP contribution >= 0.6 is 0 Å². The van der Waals surface area contributed by atoms with Crippen LogP contribution in [0.3, 0.4) is 0 Å². The van der Waals surface area contributed by atoms with Crippen molar-refractivity contribution in [1.29, 1.82) is 0 Å². The third kappa shape index (κ3) is 2.47. The summed E-state index contributed by atoms with van der Waals surface area (Å²) in [6.45, 7) is 2.36. The van der Waals surface area contributed by atoms with Crippen LogP contribution in [-0.2, 0) is 5.60 Å². The van der Waals surface area contributed by atoms with Gasteiger partial charge in [0.05, 0.1) is 12.2 Å². The average Bonchev–Trinajstić information content (AvgIpc) is 2.69. The summed E-state index contributed by atoms with van der Waals surface area (Å²) >= 11 is 0. The Morgan fingerprint density at radius 2 is 2.00 bits per heavy atom. The third-order valence-electron chi connectivity index (χ3n) is 4.22. The van der Waals surface area contributed by atoms with E-state index in [2.05, 4.69) is 5.32 Å². The number of ether oxygens (including phenoxy) is 1. The van der Waals surface area contributed by atoms with Crippen molar-refractivity contribution < 1.29 is 14.2 Å². The molecule has 2 unspecified atom stereocenters. The molecule has 1 aromatic rings. The molecule has 3 rings (SSSR count). The topological polar surface area (TPSA) is 41.5 Å². The van der Waals surface area contributed by atoms with Gasteiger partial charge in [-0.2, -0.15) is 0 Å². The minimum Gasteiger partial charge on any atom is -0.494 e. The van der Waals surface area contributed by atoms with Gasteiger partial charge in [0, 0.05) is 18.2 Å². The summed E-state index contributed by atoms with van der Waals surface area (Å²) in [7, 11) is 0. The Hall–Kier alpha value is -1.13. The van der Waals surface area contributed by atoms with E-state index in [-0.39, 0.29) is 5.82 Å². The molecule has 104 valence electrons. The van der Waals surface area contributed by atoms with Crippen LogP contribution in [-0.4, -0.2) is 23.8 Å². The minimum atomic E-state index is -0.926. The number of piperidine rings is 1. The van der Waals surface area contributed by atoms with E-state index in [1.54, 1.807) is 6.07 Å². The van der Waals surface area contributed by atoms with E-state index in [1.165, 1.54) is 12.1 Å². The summed E-state index contributed by atoms with van der Waals surface area (Å²) in [6.07, 6.45) is 3.50. The zero-order chi connectivity index (χ0) is 13.5. The van der Waals surface area contributed by atoms with Gasteiger partial charge in [0.25, 0.3) is 0 Å². The molecule has 2 N–H and O–H groups in total. The molecule has 1 aromatic carbocycles. The molecule has 2 aliphatic rings. The molecule has 3 nitrogen and oxygen atoms in total. The van der Waals surface area contributed by atoms with E-state index in [1.807, 2.05) is 6.92 Å². The van der Waals surface area contributed by atoms with E-state index in [0.717, 1.165) is 12.8 Å². The highest BCUT2D eigenvalue weighted by molar-refractivity contribution is 5.34. The van der Waals surface area contributed by atoms with Crippen LogP contribution in [0.1, 0.15) is 38.2 Å². The Labute approximate surface area is 112 Å². The molecule has 0 spiro atoms. The normalized spacial score (nSPS) is 33.4. The van der Waals surface area contributed by atoms with Crippen LogP contribution in [0.15, 0.2) is 18.2 Å². The zero-order valence-electron chi connectivity index (χ0n) is 11.2. The first-order valence-corrected chi connectivity index (χ1v) is 7.01. The van der Waals surface area contributed by atoms with Gasteiger partial charge >= 0.3 is 0 Å². The lowest BCUT2D eigenvalue weighted by atomic mass is 9.81. The number of halogens is 1. The predicted octanol–water partition coefficient (Wildman–Crippen LogP) is 2.33. The standard InChI is InChI=1S/C15H20FNO2/c1-2-19-14-6-10(5-11(16)7-14)15(18)8-12-3-4-13(9-15)17-12/h5-7,12-13,17-18H,2-4,8-9H2,1H3. The first-order valence-electron chi connectivity index (χ1n) is 7.01. The lowest BCUT2D eigenvalue weighted by Gasteiger charge is -2.37. The molecule has 2 saturated heterocycles. The summed E-state index contributed by atoms with van der Waals surface area (Å²) in [5.41, 5.74) is -0.278. The van der Waals surface area contributed by atoms with Crippen molar-refractivity contribution in [3.8, 4) is 5.75 Å². The highest BCUT2D eigenvalue weighted by Crippen LogP contribution is 2.41. The van der Waals surface area contributed by atoms with Crippen molar-refractivity contribution in [2.24, 2.45) is 0 Å². The fourth-order valence-electron chi connectivity index (χ4n) is 3.44. The Morgan fingerprint density at radius 1 is 1.32 bits per heavy atom. The first kappa shape index (κ1) is 12.9. The Morgan fingerprint density at radius 3 is 2.63 bits per heavy atom. The first-order chi connectivity index (χ1) is 9.09. The van der Waals surface area contributed by atoms with Gasteiger partial charge < -0.3 is 15.2 Å². The van der Waals surface area contributed by atoms with E-state index < -0.39 is 5.60 Å². The maximum atomic E-state index is 13.7. The lowest BCUT2D eigenvalue weighted by Crippen LogP contribution is -2.46. The lowest BCUT2D eigenvalue weighted by molar-refractivity contribution is -0.0119. The largest absolute Gasteiger partial charge is 0.494 e. The summed E-state index contributed by atoms with van der Waals surface area (Å²) in [5, 5.41) is 14.4. The Bertz CT molecular complexity index is 465. The number of fused-ring (bicyclic) bond motifs is 2. The summed E-state index contributed by atoms with van der Waals surface area (Å²) in [6, 6.07) is 5.28. The van der Waals surface area contributed by atoms with Gasteiger partial charge in [-0.3, -0.25) is 0 Å². The Balaban J connectivity index is 1.92. The van der Waals surface area contributed by atoms with Crippen LogP contribution in [0.4, 0.5) is 4.39 Å². The quantitative estimate of drug-likeness (QED) is 0.881. The predicted molar refractivity (Wildman–Crippen MR) is 70.6 cm³/mol. The number of rotatable bonds is 3. The number of hydrogen-bond acceptors (Lipinski definition) is 3. The molecule has 2 atom stereocenters. The maximum Gasteiger partial charge on any atom is 0.127 e. The van der Waals surface area contributed by atoms with Crippen molar-refractivity contribution in [1.82, 2.24) is 5.32 Å². The summed E-state index contributed by atoms with van der Waals surface area (Å²) in [4.78, 5) is 0. The molecule has 2 aliphatic heterocycles. The molecule has 0 aromatic heterocycles. The van der Waals surface area contributed by atoms with Crippen molar-refractivity contribution in [2.75, 3.05) is 6.61 Å². The SMILES string of the molecule is CCOc1cc(F)cc(C2(O)CC3CCC(C2)N3)c1.